The minimum atomic E-state index is -0.416. The van der Waals surface area contributed by atoms with Gasteiger partial charge in [-0.05, 0) is 274 Å². The van der Waals surface area contributed by atoms with Gasteiger partial charge in [-0.2, -0.15) is 40.3 Å². The van der Waals surface area contributed by atoms with Crippen molar-refractivity contribution < 1.29 is 36.9 Å². The number of aryl methyl sites for hydroxylation is 11. The van der Waals surface area contributed by atoms with Gasteiger partial charge in [0.1, 0.15) is 55.5 Å². The van der Waals surface area contributed by atoms with Crippen LogP contribution in [0.25, 0.3) is 0 Å². The smallest absolute Gasteiger partial charge is 0.245 e. The predicted molar refractivity (Wildman–Crippen MR) is 568 cm³/mol. The topological polar surface area (TPSA) is 465 Å². The minimum Gasteiger partial charge on any atom is -0.378 e. The Kier molecular flexibility index (Phi) is 34.9. The summed E-state index contributed by atoms with van der Waals surface area (Å²) < 4.78 is 46.4. The zero-order chi connectivity index (χ0) is 105. The van der Waals surface area contributed by atoms with E-state index in [1.165, 1.54) is 34.6 Å². The lowest BCUT2D eigenvalue weighted by Crippen LogP contribution is -2.53. The number of carbonyl (C=O) groups is 3. The third-order valence-corrected chi connectivity index (χ3v) is 28.9. The van der Waals surface area contributed by atoms with Gasteiger partial charge in [-0.25, -0.2) is 38.7 Å². The van der Waals surface area contributed by atoms with Crippen molar-refractivity contribution in [1.29, 1.82) is 0 Å². The number of H-pyrrole nitrogens is 4. The van der Waals surface area contributed by atoms with E-state index in [9.17, 15) is 14.4 Å². The number of piperidine rings is 5. The van der Waals surface area contributed by atoms with Crippen molar-refractivity contribution in [3.8, 4) is 0 Å². The lowest BCUT2D eigenvalue weighted by atomic mass is 9.85. The van der Waals surface area contributed by atoms with E-state index in [-0.39, 0.29) is 66.0 Å². The first-order valence-electron chi connectivity index (χ1n) is 50.5. The third kappa shape index (κ3) is 27.9. The number of hydrogen-bond donors (Lipinski definition) is 12. The molecule has 16 heterocycles. The highest BCUT2D eigenvalue weighted by Crippen LogP contribution is 2.41. The number of hydrogen-bond acceptors (Lipinski definition) is 31. The minimum absolute atomic E-state index is 0.00556. The Morgan fingerprint density at radius 2 is 0.799 bits per heavy atom. The van der Waals surface area contributed by atoms with Gasteiger partial charge >= 0.3 is 0 Å². The van der Waals surface area contributed by atoms with Gasteiger partial charge in [0.25, 0.3) is 0 Å². The first-order chi connectivity index (χ1) is 71.7. The Morgan fingerprint density at radius 3 is 1.17 bits per heavy atom. The Morgan fingerprint density at radius 1 is 0.423 bits per heavy atom. The number of amides is 3. The van der Waals surface area contributed by atoms with E-state index in [2.05, 4.69) is 219 Å². The number of morpholine rings is 1. The molecule has 2 atom stereocenters. The van der Waals surface area contributed by atoms with Gasteiger partial charge < -0.3 is 66.1 Å². The number of ether oxygens (including phenoxy) is 1. The lowest BCUT2D eigenvalue weighted by Gasteiger charge is -2.36. The molecule has 0 radical (unpaired) electrons. The van der Waals surface area contributed by atoms with Crippen molar-refractivity contribution >= 4 is 134 Å². The third-order valence-electron chi connectivity index (χ3n) is 27.7. The molecule has 10 aromatic heterocycles. The summed E-state index contributed by atoms with van der Waals surface area (Å²) in [7, 11) is 0. The Hall–Kier alpha value is -13.6. The molecule has 14 aromatic rings. The summed E-state index contributed by atoms with van der Waals surface area (Å²) in [5.41, 5.74) is 18.3. The maximum atomic E-state index is 15.3. The molecule has 20 rings (SSSR count). The highest BCUT2D eigenvalue weighted by atomic mass is 35.5. The SMILES string of the molecule is Cc1cc(Nc2nc(Cc3cc(C)c(C4CCN(C(=O)C5CCCC(=O)N5)CC4)cc3F)ncc2Cl)n[nH]1.Cc1cc(Nc2nc(Cc3cc(C)c(C4CCN(C(=O)[C@@H]5COCCN5)CC4)cc3F)ncc2Cl)n[nH]1.Cc1cc(Nc2nc(Nc3cc(C)c(C4CCN(Cc5noc(C(C)C)n5)CC4)cc3C)ncc2Cl)n[nH]1.Cc1cc(Nc2nc(Nc3cc(C)c(C4CCN(Cc5noc(C)n5)CC4)cc3C)ncc2Cl)n[nH]1. The summed E-state index contributed by atoms with van der Waals surface area (Å²) in [6.45, 7) is 36.0. The first-order valence-corrected chi connectivity index (χ1v) is 52.1. The predicted octanol–water partition coefficient (Wildman–Crippen LogP) is 19.4. The quantitative estimate of drug-likeness (QED) is 0.0227. The molecular weight excluding hydrogens is 1990 g/mol. The number of halogens is 6. The van der Waals surface area contributed by atoms with Gasteiger partial charge in [0.05, 0.1) is 51.1 Å². The molecule has 6 aliphatic heterocycles. The van der Waals surface area contributed by atoms with Crippen LogP contribution in [0.15, 0.2) is 107 Å². The maximum absolute atomic E-state index is 15.3. The number of carbonyl (C=O) groups excluding carboxylic acids is 3. The molecule has 12 N–H and O–H groups in total. The summed E-state index contributed by atoms with van der Waals surface area (Å²) >= 11 is 25.1. The number of aromatic amines is 4. The fraction of sp³-hybridized carbons (Fsp3) is 0.438. The number of rotatable bonds is 27. The van der Waals surface area contributed by atoms with E-state index in [0.29, 0.717) is 184 Å². The molecule has 0 bridgehead atoms. The standard InChI is InChI=1S/C27H31ClFN7O2.C27H34ClN9O.C26H31ClFN7O2.C25H30ClN9O/c1-15-10-18(12-23-30-14-20(28)26(32-23)33-24-11-16(2)34-35-24)21(29)13-19(15)17-6-8-36(9-7-17)27(38)22-4-3-5-25(37)31-22;1-15(2)26-32-24(36-38-26)14-37-8-6-19(7-9-37)20-10-17(4)22(11-16(20)3)30-27-29-13-21(28)25(33-27)31-23-12-18(5)34-35-23;1-15-9-18(11-23-30-13-20(27)25(31-23)32-24-10-16(2)33-34-24)21(28)12-19(15)17-3-6-35(7-4-17)26(36)22-14-37-8-5-29-22;1-14-10-21(29-25-27-12-20(26)24(31-25)30-22-11-16(3)32-33-22)15(2)9-19(14)18-5-7-35(8-6-18)13-23-28-17(4)36-34-23/h10-11,13-14,17,22H,3-9,12H2,1-2H3,(H,31,37)(H2,30,32,33,34,35);10-13,15,19H,6-9,14H2,1-5H3,(H3,29,30,31,33,34,35);9-10,12-13,17,22,29H,3-8,11,14H2,1-2H3,(H2,30,31,32,33,34);9-12,18H,5-8,13H2,1-4H3,(H3,27,29,30,31,32,33)/t;;22-;/m..0./s1. The lowest BCUT2D eigenvalue weighted by molar-refractivity contribution is -0.139. The van der Waals surface area contributed by atoms with Crippen LogP contribution >= 0.6 is 46.4 Å². The molecule has 44 heteroatoms. The summed E-state index contributed by atoms with van der Waals surface area (Å²) in [4.78, 5) is 90.1. The van der Waals surface area contributed by atoms with Gasteiger partial charge in [-0.15, -0.1) is 0 Å². The van der Waals surface area contributed by atoms with E-state index < -0.39 is 6.04 Å². The molecule has 6 saturated heterocycles. The van der Waals surface area contributed by atoms with Gasteiger partial charge in [0.2, 0.25) is 41.4 Å². The number of aromatic nitrogens is 20. The van der Waals surface area contributed by atoms with Crippen LogP contribution in [-0.2, 0) is 45.1 Å². The van der Waals surface area contributed by atoms with Crippen LogP contribution in [0.1, 0.15) is 239 Å². The average Bonchev–Trinajstić information content (AvgIpc) is 1.56. The largest absolute Gasteiger partial charge is 0.378 e. The normalized spacial score (nSPS) is 16.7. The highest BCUT2D eigenvalue weighted by Gasteiger charge is 2.36. The number of nitrogens with one attached hydrogen (secondary N) is 12. The van der Waals surface area contributed by atoms with Crippen LogP contribution in [-0.4, -0.2) is 222 Å². The van der Waals surface area contributed by atoms with Crippen LogP contribution in [0.5, 0.6) is 0 Å². The molecule has 6 aliphatic rings. The fourth-order valence-electron chi connectivity index (χ4n) is 19.8. The van der Waals surface area contributed by atoms with Crippen LogP contribution in [0.3, 0.4) is 0 Å². The second-order valence-corrected chi connectivity index (χ2v) is 41.2. The number of anilines is 12. The zero-order valence-electron chi connectivity index (χ0n) is 85.8. The molecule has 784 valence electrons. The van der Waals surface area contributed by atoms with Crippen molar-refractivity contribution in [2.24, 2.45) is 0 Å². The molecule has 0 saturated carbocycles. The van der Waals surface area contributed by atoms with Gasteiger partial charge in [0, 0.05) is 123 Å². The van der Waals surface area contributed by atoms with Crippen LogP contribution in [0, 0.1) is 87.8 Å². The zero-order valence-corrected chi connectivity index (χ0v) is 88.8. The second kappa shape index (κ2) is 48.8. The van der Waals surface area contributed by atoms with Gasteiger partial charge in [0.15, 0.2) is 58.2 Å². The summed E-state index contributed by atoms with van der Waals surface area (Å²) in [6, 6.07) is 22.7. The molecule has 149 heavy (non-hydrogen) atoms. The van der Waals surface area contributed by atoms with Crippen molar-refractivity contribution in [2.75, 3.05) is 104 Å². The molecule has 6 fully saturated rings. The van der Waals surface area contributed by atoms with Crippen molar-refractivity contribution in [3.63, 3.8) is 0 Å². The van der Waals surface area contributed by atoms with Crippen LogP contribution in [0.2, 0.25) is 20.1 Å². The van der Waals surface area contributed by atoms with Gasteiger partial charge in [-0.1, -0.05) is 94.8 Å². The van der Waals surface area contributed by atoms with E-state index in [1.54, 1.807) is 24.5 Å². The van der Waals surface area contributed by atoms with E-state index in [4.69, 9.17) is 60.2 Å². The van der Waals surface area contributed by atoms with Gasteiger partial charge in [-0.3, -0.25) is 44.6 Å². The molecule has 38 nitrogen and oxygen atoms in total. The maximum Gasteiger partial charge on any atom is 0.245 e. The molecule has 0 spiro atoms. The fourth-order valence-corrected chi connectivity index (χ4v) is 20.4. The van der Waals surface area contributed by atoms with Crippen LogP contribution < -0.4 is 42.5 Å². The Labute approximate surface area is 882 Å². The monoisotopic (exact) mass is 2110 g/mol. The second-order valence-electron chi connectivity index (χ2n) is 39.6. The Balaban J connectivity index is 0.000000135. The molecular formula is C105H126Cl4F2N32O6. The molecule has 4 aromatic carbocycles. The molecule has 0 aliphatic carbocycles. The number of likely N-dealkylation sites (tertiary alicyclic amines) is 4. The molecule has 3 amide bonds. The first kappa shape index (κ1) is 107. The molecule has 1 unspecified atom stereocenters. The summed E-state index contributed by atoms with van der Waals surface area (Å²) in [5, 5.41) is 63.0. The van der Waals surface area contributed by atoms with E-state index >= 15 is 8.78 Å². The summed E-state index contributed by atoms with van der Waals surface area (Å²) in [5.74, 6) is 10.1. The van der Waals surface area contributed by atoms with Crippen molar-refractivity contribution in [3.05, 3.63) is 254 Å². The summed E-state index contributed by atoms with van der Waals surface area (Å²) in [6.07, 6.45) is 16.1. The highest BCUT2D eigenvalue weighted by molar-refractivity contribution is 6.34. The van der Waals surface area contributed by atoms with Crippen molar-refractivity contribution in [2.45, 2.75) is 228 Å². The van der Waals surface area contributed by atoms with Crippen molar-refractivity contribution in [1.82, 2.24) is 131 Å². The van der Waals surface area contributed by atoms with E-state index in [0.717, 1.165) is 176 Å². The average molecular weight is 2110 g/mol. The Bertz CT molecular complexity index is 7030. The number of benzene rings is 4. The van der Waals surface area contributed by atoms with E-state index in [1.807, 2.05) is 94.7 Å². The number of nitrogens with zero attached hydrogens (tertiary/aromatic N) is 20. The van der Waals surface area contributed by atoms with Crippen LogP contribution in [0.4, 0.5) is 78.6 Å².